The highest BCUT2D eigenvalue weighted by molar-refractivity contribution is 4.97. The van der Waals surface area contributed by atoms with Gasteiger partial charge in [0.2, 0.25) is 0 Å². The first-order chi connectivity index (χ1) is 8.63. The van der Waals surface area contributed by atoms with Crippen molar-refractivity contribution in [1.82, 2.24) is 14.9 Å². The summed E-state index contributed by atoms with van der Waals surface area (Å²) in [6.07, 6.45) is 5.03. The molecule has 0 fully saturated rings. The first-order valence-electron chi connectivity index (χ1n) is 6.90. The third-order valence-electron chi connectivity index (χ3n) is 3.34. The maximum atomic E-state index is 5.65. The second-order valence-corrected chi connectivity index (χ2v) is 4.94. The largest absolute Gasteiger partial charge is 0.380 e. The second-order valence-electron chi connectivity index (χ2n) is 4.94. The summed E-state index contributed by atoms with van der Waals surface area (Å²) in [6.45, 7) is 10.6. The van der Waals surface area contributed by atoms with Gasteiger partial charge in [-0.2, -0.15) is 0 Å². The normalized spacial score (nSPS) is 15.0. The molecule has 0 saturated heterocycles. The van der Waals surface area contributed by atoms with Gasteiger partial charge in [0.25, 0.3) is 0 Å². The van der Waals surface area contributed by atoms with Crippen molar-refractivity contribution in [1.29, 1.82) is 0 Å². The van der Waals surface area contributed by atoms with E-state index in [9.17, 15) is 0 Å². The molecule has 0 amide bonds. The van der Waals surface area contributed by atoms with Crippen LogP contribution in [0.5, 0.6) is 0 Å². The maximum Gasteiger partial charge on any atom is 0.110 e. The molecule has 0 aliphatic rings. The summed E-state index contributed by atoms with van der Waals surface area (Å²) in [5, 5.41) is 3.53. The maximum absolute atomic E-state index is 5.65. The van der Waals surface area contributed by atoms with Crippen LogP contribution in [0.25, 0.3) is 0 Å². The highest BCUT2D eigenvalue weighted by Crippen LogP contribution is 2.14. The van der Waals surface area contributed by atoms with Crippen LogP contribution in [0.1, 0.15) is 33.5 Å². The van der Waals surface area contributed by atoms with Crippen LogP contribution in [0.2, 0.25) is 0 Å². The van der Waals surface area contributed by atoms with Crippen molar-refractivity contribution in [3.05, 3.63) is 18.2 Å². The second kappa shape index (κ2) is 7.54. The van der Waals surface area contributed by atoms with E-state index in [2.05, 4.69) is 42.6 Å². The van der Waals surface area contributed by atoms with Crippen LogP contribution >= 0.6 is 0 Å². The molecule has 1 rings (SSSR count). The quantitative estimate of drug-likeness (QED) is 0.771. The molecule has 0 saturated carbocycles. The van der Waals surface area contributed by atoms with E-state index in [0.29, 0.717) is 12.0 Å². The number of hydrogen-bond acceptors (Lipinski definition) is 3. The molecule has 1 N–H and O–H groups in total. The molecule has 1 aromatic rings. The molecule has 2 atom stereocenters. The van der Waals surface area contributed by atoms with Crippen LogP contribution < -0.4 is 5.32 Å². The van der Waals surface area contributed by atoms with Crippen LogP contribution in [0.15, 0.2) is 12.4 Å². The van der Waals surface area contributed by atoms with Crippen molar-refractivity contribution < 1.29 is 4.74 Å². The Kier molecular flexibility index (Phi) is 6.36. The minimum Gasteiger partial charge on any atom is -0.380 e. The lowest BCUT2D eigenvalue weighted by Crippen LogP contribution is -2.45. The number of rotatable bonds is 8. The van der Waals surface area contributed by atoms with E-state index in [4.69, 9.17) is 4.74 Å². The number of hydrogen-bond donors (Lipinski definition) is 1. The molecule has 4 heteroatoms. The number of aryl methyl sites for hydroxylation is 1. The van der Waals surface area contributed by atoms with Gasteiger partial charge >= 0.3 is 0 Å². The molecule has 4 nitrogen and oxygen atoms in total. The average molecular weight is 253 g/mol. The molecular formula is C14H27N3O. The molecule has 0 radical (unpaired) electrons. The van der Waals surface area contributed by atoms with Gasteiger partial charge in [-0.3, -0.25) is 0 Å². The van der Waals surface area contributed by atoms with Crippen LogP contribution in [0.4, 0.5) is 0 Å². The zero-order valence-corrected chi connectivity index (χ0v) is 12.3. The number of ether oxygens (including phenoxy) is 1. The number of aromatic nitrogens is 2. The Morgan fingerprint density at radius 1 is 1.39 bits per heavy atom. The van der Waals surface area contributed by atoms with Crippen molar-refractivity contribution >= 4 is 0 Å². The van der Waals surface area contributed by atoms with E-state index in [1.807, 2.05) is 12.4 Å². The van der Waals surface area contributed by atoms with Crippen LogP contribution in [0.3, 0.4) is 0 Å². The average Bonchev–Trinajstić information content (AvgIpc) is 2.77. The zero-order valence-electron chi connectivity index (χ0n) is 12.3. The Hall–Kier alpha value is -0.870. The topological polar surface area (TPSA) is 39.1 Å². The SMILES string of the molecule is CCNC(Cc1nccn1CC)C(OC)C(C)C. The molecule has 0 bridgehead atoms. The summed E-state index contributed by atoms with van der Waals surface area (Å²) in [5.74, 6) is 1.62. The fourth-order valence-electron chi connectivity index (χ4n) is 2.48. The number of methoxy groups -OCH3 is 1. The Labute approximate surface area is 111 Å². The third-order valence-corrected chi connectivity index (χ3v) is 3.34. The Balaban J connectivity index is 2.79. The Bertz CT molecular complexity index is 336. The van der Waals surface area contributed by atoms with E-state index < -0.39 is 0 Å². The zero-order chi connectivity index (χ0) is 13.5. The molecule has 0 aliphatic carbocycles. The van der Waals surface area contributed by atoms with Gasteiger partial charge in [-0.05, 0) is 19.4 Å². The Morgan fingerprint density at radius 3 is 2.61 bits per heavy atom. The predicted molar refractivity (Wildman–Crippen MR) is 74.7 cm³/mol. The number of likely N-dealkylation sites (N-methyl/N-ethyl adjacent to an activating group) is 1. The molecule has 0 spiro atoms. The molecule has 1 heterocycles. The van der Waals surface area contributed by atoms with E-state index in [1.165, 1.54) is 0 Å². The number of imidazole rings is 1. The van der Waals surface area contributed by atoms with Crippen molar-refractivity contribution in [2.45, 2.75) is 52.8 Å². The van der Waals surface area contributed by atoms with Gasteiger partial charge in [-0.25, -0.2) is 4.98 Å². The highest BCUT2D eigenvalue weighted by atomic mass is 16.5. The molecule has 0 aromatic carbocycles. The lowest BCUT2D eigenvalue weighted by Gasteiger charge is -2.29. The highest BCUT2D eigenvalue weighted by Gasteiger charge is 2.25. The van der Waals surface area contributed by atoms with E-state index in [0.717, 1.165) is 25.3 Å². The minimum atomic E-state index is 0.215. The molecule has 104 valence electrons. The fraction of sp³-hybridized carbons (Fsp3) is 0.786. The monoisotopic (exact) mass is 253 g/mol. The summed E-state index contributed by atoms with van der Waals surface area (Å²) >= 11 is 0. The summed E-state index contributed by atoms with van der Waals surface area (Å²) in [7, 11) is 1.79. The summed E-state index contributed by atoms with van der Waals surface area (Å²) in [5.41, 5.74) is 0. The van der Waals surface area contributed by atoms with E-state index in [1.54, 1.807) is 7.11 Å². The lowest BCUT2D eigenvalue weighted by atomic mass is 9.96. The van der Waals surface area contributed by atoms with Gasteiger partial charge in [0.05, 0.1) is 6.10 Å². The lowest BCUT2D eigenvalue weighted by molar-refractivity contribution is 0.0329. The van der Waals surface area contributed by atoms with Gasteiger partial charge in [0, 0.05) is 38.5 Å². The van der Waals surface area contributed by atoms with Gasteiger partial charge in [-0.1, -0.05) is 20.8 Å². The smallest absolute Gasteiger partial charge is 0.110 e. The summed E-state index contributed by atoms with van der Waals surface area (Å²) in [6, 6.07) is 0.313. The minimum absolute atomic E-state index is 0.215. The molecule has 18 heavy (non-hydrogen) atoms. The van der Waals surface area contributed by atoms with E-state index in [-0.39, 0.29) is 6.10 Å². The summed E-state index contributed by atoms with van der Waals surface area (Å²) < 4.78 is 7.84. The predicted octanol–water partition coefficient (Wildman–Crippen LogP) is 2.09. The van der Waals surface area contributed by atoms with Gasteiger partial charge in [0.1, 0.15) is 5.82 Å². The van der Waals surface area contributed by atoms with Gasteiger partial charge in [-0.15, -0.1) is 0 Å². The molecular weight excluding hydrogens is 226 g/mol. The molecule has 0 aliphatic heterocycles. The van der Waals surface area contributed by atoms with Crippen LogP contribution in [0, 0.1) is 5.92 Å². The molecule has 2 unspecified atom stereocenters. The van der Waals surface area contributed by atoms with Crippen molar-refractivity contribution in [2.24, 2.45) is 5.92 Å². The first kappa shape index (κ1) is 15.2. The Morgan fingerprint density at radius 2 is 2.11 bits per heavy atom. The third kappa shape index (κ3) is 3.82. The van der Waals surface area contributed by atoms with Crippen LogP contribution in [-0.2, 0) is 17.7 Å². The van der Waals surface area contributed by atoms with Crippen LogP contribution in [-0.4, -0.2) is 35.4 Å². The number of nitrogens with zero attached hydrogens (tertiary/aromatic N) is 2. The van der Waals surface area contributed by atoms with Gasteiger partial charge in [0.15, 0.2) is 0 Å². The van der Waals surface area contributed by atoms with Crippen molar-refractivity contribution in [2.75, 3.05) is 13.7 Å². The van der Waals surface area contributed by atoms with E-state index >= 15 is 0 Å². The van der Waals surface area contributed by atoms with Gasteiger partial charge < -0.3 is 14.6 Å². The summed E-state index contributed by atoms with van der Waals surface area (Å²) in [4.78, 5) is 4.45. The number of nitrogens with one attached hydrogen (secondary N) is 1. The molecule has 1 aromatic heterocycles. The first-order valence-corrected chi connectivity index (χ1v) is 6.90. The standard InChI is InChI=1S/C14H27N3O/c1-6-15-12(14(18-5)11(3)4)10-13-16-8-9-17(13)7-2/h8-9,11-12,14-15H,6-7,10H2,1-5H3. The fourth-order valence-corrected chi connectivity index (χ4v) is 2.48. The van der Waals surface area contributed by atoms with Crippen molar-refractivity contribution in [3.63, 3.8) is 0 Å². The van der Waals surface area contributed by atoms with Crippen molar-refractivity contribution in [3.8, 4) is 0 Å².